The first-order valence-corrected chi connectivity index (χ1v) is 7.21. The van der Waals surface area contributed by atoms with Crippen LogP contribution in [-0.4, -0.2) is 25.5 Å². The zero-order valence-corrected chi connectivity index (χ0v) is 11.7. The van der Waals surface area contributed by atoms with E-state index in [1.807, 2.05) is 6.92 Å². The Balaban J connectivity index is 1.85. The van der Waals surface area contributed by atoms with Gasteiger partial charge in [0.15, 0.2) is 5.79 Å². The summed E-state index contributed by atoms with van der Waals surface area (Å²) in [7, 11) is 0. The first-order chi connectivity index (χ1) is 9.27. The Bertz CT molecular complexity index is 369. The van der Waals surface area contributed by atoms with Crippen LogP contribution in [0.5, 0.6) is 0 Å². The van der Waals surface area contributed by atoms with E-state index in [1.165, 1.54) is 19.3 Å². The number of hydrogen-bond donors (Lipinski definition) is 0. The molecule has 2 aliphatic rings. The minimum Gasteiger partial charge on any atom is -0.347 e. The molecule has 1 unspecified atom stereocenters. The van der Waals surface area contributed by atoms with Crippen LogP contribution >= 0.6 is 0 Å². The van der Waals surface area contributed by atoms with Crippen LogP contribution in [0.1, 0.15) is 45.4 Å². The van der Waals surface area contributed by atoms with Crippen molar-refractivity contribution in [1.82, 2.24) is 0 Å². The second-order valence-corrected chi connectivity index (χ2v) is 5.47. The predicted molar refractivity (Wildman–Crippen MR) is 73.6 cm³/mol. The maximum absolute atomic E-state index is 8.28. The van der Waals surface area contributed by atoms with Crippen molar-refractivity contribution in [2.75, 3.05) is 19.8 Å². The Hall–Kier alpha value is -1.03. The van der Waals surface area contributed by atoms with Crippen LogP contribution in [0.15, 0.2) is 16.8 Å². The molecule has 5 nitrogen and oxygen atoms in total. The molecule has 5 heteroatoms. The first kappa shape index (κ1) is 14.4. The van der Waals surface area contributed by atoms with E-state index in [4.69, 9.17) is 15.0 Å². The van der Waals surface area contributed by atoms with E-state index in [1.54, 1.807) is 0 Å². The maximum atomic E-state index is 8.28. The molecule has 1 spiro atoms. The van der Waals surface area contributed by atoms with Gasteiger partial charge in [-0.2, -0.15) is 0 Å². The molecule has 0 aromatic rings. The van der Waals surface area contributed by atoms with Crippen LogP contribution in [0.3, 0.4) is 0 Å². The third kappa shape index (κ3) is 3.72. The van der Waals surface area contributed by atoms with E-state index in [2.05, 4.69) is 16.1 Å². The smallest absolute Gasteiger partial charge is 0.171 e. The predicted octanol–water partition coefficient (Wildman–Crippen LogP) is 3.96. The highest BCUT2D eigenvalue weighted by molar-refractivity contribution is 5.01. The molecule has 1 heterocycles. The molecule has 0 aromatic carbocycles. The lowest BCUT2D eigenvalue weighted by Gasteiger charge is -2.39. The van der Waals surface area contributed by atoms with Crippen LogP contribution in [0.4, 0.5) is 0 Å². The number of rotatable bonds is 5. The summed E-state index contributed by atoms with van der Waals surface area (Å²) in [5.41, 5.74) is 9.42. The van der Waals surface area contributed by atoms with Crippen LogP contribution in [0.2, 0.25) is 0 Å². The molecule has 19 heavy (non-hydrogen) atoms. The highest BCUT2D eigenvalue weighted by atomic mass is 16.7. The molecule has 0 amide bonds. The van der Waals surface area contributed by atoms with Crippen molar-refractivity contribution in [3.05, 3.63) is 22.1 Å². The normalized spacial score (nSPS) is 26.4. The summed E-state index contributed by atoms with van der Waals surface area (Å²) in [5.74, 6) is 0.220. The highest BCUT2D eigenvalue weighted by Gasteiger charge is 2.45. The lowest BCUT2D eigenvalue weighted by molar-refractivity contribution is -0.213. The zero-order chi connectivity index (χ0) is 13.6. The van der Waals surface area contributed by atoms with Crippen molar-refractivity contribution >= 4 is 0 Å². The van der Waals surface area contributed by atoms with E-state index >= 15 is 0 Å². The Morgan fingerprint density at radius 2 is 2.21 bits per heavy atom. The first-order valence-electron chi connectivity index (χ1n) is 7.21. The summed E-state index contributed by atoms with van der Waals surface area (Å²) < 4.78 is 11.8. The molecule has 106 valence electrons. The summed E-state index contributed by atoms with van der Waals surface area (Å²) in [6.07, 6.45) is 9.00. The van der Waals surface area contributed by atoms with Gasteiger partial charge in [0.1, 0.15) is 0 Å². The number of allylic oxidation sites excluding steroid dienone is 1. The Kier molecular flexibility index (Phi) is 5.25. The molecule has 1 saturated carbocycles. The van der Waals surface area contributed by atoms with Crippen LogP contribution in [0.25, 0.3) is 10.4 Å². The molecular formula is C14H23N3O2. The molecular weight excluding hydrogens is 242 g/mol. The largest absolute Gasteiger partial charge is 0.347 e. The fourth-order valence-corrected chi connectivity index (χ4v) is 3.14. The number of ether oxygens (including phenoxy) is 2. The topological polar surface area (TPSA) is 67.2 Å². The Morgan fingerprint density at radius 1 is 1.42 bits per heavy atom. The highest BCUT2D eigenvalue weighted by Crippen LogP contribution is 2.42. The van der Waals surface area contributed by atoms with Crippen LogP contribution < -0.4 is 0 Å². The molecule has 0 aromatic heterocycles. The molecule has 1 atom stereocenters. The fraction of sp³-hybridized carbons (Fsp3) is 0.857. The average Bonchev–Trinajstić information content (AvgIpc) is 2.88. The number of nitrogens with zero attached hydrogens (tertiary/aromatic N) is 3. The lowest BCUT2D eigenvalue weighted by Crippen LogP contribution is -2.41. The summed E-state index contributed by atoms with van der Waals surface area (Å²) in [4.78, 5) is 2.78. The molecule has 0 N–H and O–H groups in total. The second-order valence-electron chi connectivity index (χ2n) is 5.47. The van der Waals surface area contributed by atoms with Crippen molar-refractivity contribution in [1.29, 1.82) is 0 Å². The van der Waals surface area contributed by atoms with Gasteiger partial charge < -0.3 is 9.47 Å². The van der Waals surface area contributed by atoms with Crippen LogP contribution in [-0.2, 0) is 9.47 Å². The van der Waals surface area contributed by atoms with Gasteiger partial charge in [0.05, 0.1) is 13.2 Å². The van der Waals surface area contributed by atoms with Gasteiger partial charge in [-0.3, -0.25) is 0 Å². The molecule has 1 saturated heterocycles. The van der Waals surface area contributed by atoms with Gasteiger partial charge in [-0.25, -0.2) is 0 Å². The summed E-state index contributed by atoms with van der Waals surface area (Å²) >= 11 is 0. The van der Waals surface area contributed by atoms with Crippen molar-refractivity contribution in [2.45, 2.75) is 51.2 Å². The third-order valence-corrected chi connectivity index (χ3v) is 4.12. The van der Waals surface area contributed by atoms with E-state index in [9.17, 15) is 0 Å². The van der Waals surface area contributed by atoms with E-state index in [-0.39, 0.29) is 5.79 Å². The number of hydrogen-bond acceptors (Lipinski definition) is 3. The van der Waals surface area contributed by atoms with Gasteiger partial charge in [-0.05, 0) is 38.1 Å². The second kappa shape index (κ2) is 6.94. The van der Waals surface area contributed by atoms with Gasteiger partial charge >= 0.3 is 0 Å². The molecule has 0 radical (unpaired) electrons. The van der Waals surface area contributed by atoms with Gasteiger partial charge in [0.2, 0.25) is 0 Å². The molecule has 1 aliphatic carbocycles. The molecule has 2 rings (SSSR count). The molecule has 0 bridgehead atoms. The molecule has 2 fully saturated rings. The van der Waals surface area contributed by atoms with Crippen molar-refractivity contribution < 1.29 is 9.47 Å². The van der Waals surface area contributed by atoms with Crippen molar-refractivity contribution in [2.24, 2.45) is 11.0 Å². The van der Waals surface area contributed by atoms with Gasteiger partial charge in [-0.15, -0.1) is 0 Å². The quantitative estimate of drug-likeness (QED) is 0.327. The van der Waals surface area contributed by atoms with Crippen molar-refractivity contribution in [3.8, 4) is 0 Å². The summed E-state index contributed by atoms with van der Waals surface area (Å²) in [6.45, 7) is 3.96. The van der Waals surface area contributed by atoms with Gasteiger partial charge in [0, 0.05) is 23.8 Å². The molecule has 1 aliphatic heterocycles. The minimum atomic E-state index is -0.287. The Morgan fingerprint density at radius 3 is 2.95 bits per heavy atom. The minimum absolute atomic E-state index is 0.287. The third-order valence-electron chi connectivity index (χ3n) is 4.12. The summed E-state index contributed by atoms with van der Waals surface area (Å²) in [6, 6.07) is 0. The lowest BCUT2D eigenvalue weighted by atomic mass is 9.80. The van der Waals surface area contributed by atoms with Crippen molar-refractivity contribution in [3.63, 3.8) is 0 Å². The van der Waals surface area contributed by atoms with E-state index in [0.717, 1.165) is 38.0 Å². The van der Waals surface area contributed by atoms with Gasteiger partial charge in [0.25, 0.3) is 0 Å². The summed E-state index contributed by atoms with van der Waals surface area (Å²) in [5, 5.41) is 3.57. The SMILES string of the molecule is C/C(=C/CCC1CCCCC12OCCO2)CN=[N+]=[N-]. The van der Waals surface area contributed by atoms with E-state index < -0.39 is 0 Å². The Labute approximate surface area is 114 Å². The monoisotopic (exact) mass is 265 g/mol. The standard InChI is InChI=1S/C14H23N3O2/c1-12(11-16-17-15)5-4-7-13-6-2-3-8-14(13)18-9-10-19-14/h5,13H,2-4,6-11H2,1H3/b12-5-. The van der Waals surface area contributed by atoms with Crippen LogP contribution in [0, 0.1) is 5.92 Å². The zero-order valence-electron chi connectivity index (χ0n) is 11.7. The number of azide groups is 1. The fourth-order valence-electron chi connectivity index (χ4n) is 3.14. The maximum Gasteiger partial charge on any atom is 0.171 e. The average molecular weight is 265 g/mol. The van der Waals surface area contributed by atoms with Gasteiger partial charge in [-0.1, -0.05) is 23.2 Å². The van der Waals surface area contributed by atoms with E-state index in [0.29, 0.717) is 12.5 Å².